The van der Waals surface area contributed by atoms with Crippen molar-refractivity contribution in [3.05, 3.63) is 24.4 Å². The van der Waals surface area contributed by atoms with Gasteiger partial charge in [-0.3, -0.25) is 4.99 Å². The largest absolute Gasteiger partial charge is 0.334 e. The second-order valence-electron chi connectivity index (χ2n) is 4.12. The van der Waals surface area contributed by atoms with Crippen LogP contribution in [0.15, 0.2) is 29.4 Å². The van der Waals surface area contributed by atoms with Crippen LogP contribution in [0, 0.1) is 5.92 Å². The number of amidine groups is 1. The lowest BCUT2D eigenvalue weighted by molar-refractivity contribution is 0.436. The van der Waals surface area contributed by atoms with Gasteiger partial charge < -0.3 is 4.90 Å². The molecule has 0 unspecified atom stereocenters. The zero-order valence-electron chi connectivity index (χ0n) is 9.57. The predicted molar refractivity (Wildman–Crippen MR) is 62.4 cm³/mol. The first-order chi connectivity index (χ1) is 6.63. The summed E-state index contributed by atoms with van der Waals surface area (Å²) >= 11 is 0. The molecule has 0 amide bonds. The molecule has 14 heavy (non-hydrogen) atoms. The second kappa shape index (κ2) is 4.99. The van der Waals surface area contributed by atoms with Crippen molar-refractivity contribution in [2.45, 2.75) is 33.7 Å². The molecule has 1 heterocycles. The Labute approximate surface area is 87.0 Å². The standard InChI is InChI=1S/C12H20N2/c1-10(2)12-13-8-6-5-7-9-14(12)11(3)4/h5-7,9-11H,8H2,1-4H3/b6-5-,9-7-,13-12?. The van der Waals surface area contributed by atoms with Crippen molar-refractivity contribution in [1.29, 1.82) is 0 Å². The van der Waals surface area contributed by atoms with Crippen LogP contribution >= 0.6 is 0 Å². The van der Waals surface area contributed by atoms with Gasteiger partial charge in [-0.2, -0.15) is 0 Å². The van der Waals surface area contributed by atoms with E-state index in [0.29, 0.717) is 12.0 Å². The van der Waals surface area contributed by atoms with E-state index in [-0.39, 0.29) is 0 Å². The van der Waals surface area contributed by atoms with Gasteiger partial charge in [-0.1, -0.05) is 26.0 Å². The summed E-state index contributed by atoms with van der Waals surface area (Å²) in [6.45, 7) is 9.54. The predicted octanol–water partition coefficient (Wildman–Crippen LogP) is 2.83. The highest BCUT2D eigenvalue weighted by Crippen LogP contribution is 2.10. The van der Waals surface area contributed by atoms with Gasteiger partial charge in [-0.15, -0.1) is 0 Å². The van der Waals surface area contributed by atoms with Gasteiger partial charge in [-0.05, 0) is 19.9 Å². The van der Waals surface area contributed by atoms with Crippen molar-refractivity contribution in [2.24, 2.45) is 10.9 Å². The van der Waals surface area contributed by atoms with E-state index in [1.54, 1.807) is 0 Å². The smallest absolute Gasteiger partial charge is 0.106 e. The maximum Gasteiger partial charge on any atom is 0.106 e. The molecule has 0 atom stereocenters. The maximum atomic E-state index is 4.59. The number of hydrogen-bond donors (Lipinski definition) is 0. The Balaban J connectivity index is 2.94. The summed E-state index contributed by atoms with van der Waals surface area (Å²) in [7, 11) is 0. The van der Waals surface area contributed by atoms with Crippen LogP contribution in [0.4, 0.5) is 0 Å². The quantitative estimate of drug-likeness (QED) is 0.657. The fourth-order valence-electron chi connectivity index (χ4n) is 1.50. The molecular formula is C12H20N2. The minimum atomic E-state index is 0.471. The van der Waals surface area contributed by atoms with Crippen LogP contribution in [0.2, 0.25) is 0 Å². The molecule has 78 valence electrons. The lowest BCUT2D eigenvalue weighted by Gasteiger charge is -2.29. The Morgan fingerprint density at radius 1 is 1.21 bits per heavy atom. The molecule has 0 aromatic rings. The summed E-state index contributed by atoms with van der Waals surface area (Å²) < 4.78 is 0. The van der Waals surface area contributed by atoms with E-state index in [1.807, 2.05) is 0 Å². The number of rotatable bonds is 2. The summed E-state index contributed by atoms with van der Waals surface area (Å²) in [5.74, 6) is 1.66. The van der Waals surface area contributed by atoms with Crippen LogP contribution in [0.3, 0.4) is 0 Å². The SMILES string of the molecule is CC(C)C1=NC/C=C\C=C/N1C(C)C. The Kier molecular flexibility index (Phi) is 3.93. The third-order valence-electron chi connectivity index (χ3n) is 2.19. The molecule has 2 nitrogen and oxygen atoms in total. The van der Waals surface area contributed by atoms with Crippen molar-refractivity contribution < 1.29 is 0 Å². The van der Waals surface area contributed by atoms with Crippen LogP contribution in [0.5, 0.6) is 0 Å². The lowest BCUT2D eigenvalue weighted by atomic mass is 10.1. The van der Waals surface area contributed by atoms with Gasteiger partial charge in [0.05, 0.1) is 6.54 Å². The number of allylic oxidation sites excluding steroid dienone is 2. The van der Waals surface area contributed by atoms with E-state index in [1.165, 1.54) is 5.84 Å². The zero-order chi connectivity index (χ0) is 10.6. The van der Waals surface area contributed by atoms with Crippen LogP contribution in [-0.2, 0) is 0 Å². The molecule has 0 aliphatic carbocycles. The Morgan fingerprint density at radius 2 is 1.93 bits per heavy atom. The van der Waals surface area contributed by atoms with Crippen LogP contribution in [-0.4, -0.2) is 23.3 Å². The molecule has 0 fully saturated rings. The molecule has 2 heteroatoms. The van der Waals surface area contributed by atoms with Crippen LogP contribution in [0.25, 0.3) is 0 Å². The fraction of sp³-hybridized carbons (Fsp3) is 0.583. The first kappa shape index (κ1) is 11.0. The molecule has 0 radical (unpaired) electrons. The molecule has 0 bridgehead atoms. The third-order valence-corrected chi connectivity index (χ3v) is 2.19. The summed E-state index contributed by atoms with van der Waals surface area (Å²) in [6, 6.07) is 0.471. The van der Waals surface area contributed by atoms with E-state index < -0.39 is 0 Å². The second-order valence-corrected chi connectivity index (χ2v) is 4.12. The summed E-state index contributed by atoms with van der Waals surface area (Å²) in [4.78, 5) is 6.83. The van der Waals surface area contributed by atoms with Crippen molar-refractivity contribution in [3.8, 4) is 0 Å². The molecule has 0 aromatic carbocycles. The average molecular weight is 192 g/mol. The fourth-order valence-corrected chi connectivity index (χ4v) is 1.50. The monoisotopic (exact) mass is 192 g/mol. The van der Waals surface area contributed by atoms with Gasteiger partial charge in [0.25, 0.3) is 0 Å². The van der Waals surface area contributed by atoms with Crippen LogP contribution in [0.1, 0.15) is 27.7 Å². The molecular weight excluding hydrogens is 172 g/mol. The Bertz CT molecular complexity index is 259. The molecule has 0 saturated carbocycles. The summed E-state index contributed by atoms with van der Waals surface area (Å²) in [5, 5.41) is 0. The van der Waals surface area contributed by atoms with E-state index >= 15 is 0 Å². The molecule has 0 aromatic heterocycles. The molecule has 0 spiro atoms. The van der Waals surface area contributed by atoms with E-state index in [9.17, 15) is 0 Å². The highest BCUT2D eigenvalue weighted by Gasteiger charge is 2.15. The number of hydrogen-bond acceptors (Lipinski definition) is 2. The molecule has 0 saturated heterocycles. The minimum absolute atomic E-state index is 0.471. The first-order valence-electron chi connectivity index (χ1n) is 5.29. The van der Waals surface area contributed by atoms with Gasteiger partial charge >= 0.3 is 0 Å². The normalized spacial score (nSPS) is 21.9. The van der Waals surface area contributed by atoms with Gasteiger partial charge in [0.15, 0.2) is 0 Å². The topological polar surface area (TPSA) is 15.6 Å². The maximum absolute atomic E-state index is 4.59. The summed E-state index contributed by atoms with van der Waals surface area (Å²) in [6.07, 6.45) is 8.32. The minimum Gasteiger partial charge on any atom is -0.334 e. The van der Waals surface area contributed by atoms with Gasteiger partial charge in [-0.25, -0.2) is 0 Å². The van der Waals surface area contributed by atoms with Crippen molar-refractivity contribution >= 4 is 5.84 Å². The number of aliphatic imine (C=N–C) groups is 1. The van der Waals surface area contributed by atoms with Crippen molar-refractivity contribution in [1.82, 2.24) is 4.90 Å². The first-order valence-corrected chi connectivity index (χ1v) is 5.29. The lowest BCUT2D eigenvalue weighted by Crippen LogP contribution is -2.35. The zero-order valence-corrected chi connectivity index (χ0v) is 9.57. The summed E-state index contributed by atoms with van der Waals surface area (Å²) in [5.41, 5.74) is 0. The molecule has 1 aliphatic rings. The molecule has 1 rings (SSSR count). The van der Waals surface area contributed by atoms with E-state index in [0.717, 1.165) is 6.54 Å². The van der Waals surface area contributed by atoms with Gasteiger partial charge in [0.2, 0.25) is 0 Å². The Hall–Kier alpha value is -1.05. The van der Waals surface area contributed by atoms with Gasteiger partial charge in [0, 0.05) is 18.2 Å². The number of nitrogens with zero attached hydrogens (tertiary/aromatic N) is 2. The van der Waals surface area contributed by atoms with Crippen molar-refractivity contribution in [2.75, 3.05) is 6.54 Å². The molecule has 1 aliphatic heterocycles. The third kappa shape index (κ3) is 2.72. The van der Waals surface area contributed by atoms with Crippen molar-refractivity contribution in [3.63, 3.8) is 0 Å². The van der Waals surface area contributed by atoms with Gasteiger partial charge in [0.1, 0.15) is 5.84 Å². The highest BCUT2D eigenvalue weighted by atomic mass is 15.2. The van der Waals surface area contributed by atoms with E-state index in [4.69, 9.17) is 0 Å². The molecule has 0 N–H and O–H groups in total. The van der Waals surface area contributed by atoms with Crippen LogP contribution < -0.4 is 0 Å². The highest BCUT2D eigenvalue weighted by molar-refractivity contribution is 5.85. The van der Waals surface area contributed by atoms with E-state index in [2.05, 4.69) is 62.0 Å². The average Bonchev–Trinajstić information content (AvgIpc) is 2.01. The Morgan fingerprint density at radius 3 is 2.50 bits per heavy atom.